The molecule has 0 unspecified atom stereocenters. The second-order valence-corrected chi connectivity index (χ2v) is 3.72. The van der Waals surface area contributed by atoms with Gasteiger partial charge in [0.1, 0.15) is 5.75 Å². The Morgan fingerprint density at radius 3 is 2.71 bits per heavy atom. The van der Waals surface area contributed by atoms with Gasteiger partial charge in [-0.2, -0.15) is 0 Å². The summed E-state index contributed by atoms with van der Waals surface area (Å²) >= 11 is 6.19. The van der Waals surface area contributed by atoms with E-state index in [1.807, 2.05) is 23.7 Å². The molecular formula is C11H12ClNO. The van der Waals surface area contributed by atoms with Crippen LogP contribution in [0.15, 0.2) is 18.2 Å². The molecule has 0 radical (unpaired) electrons. The van der Waals surface area contributed by atoms with E-state index in [1.165, 1.54) is 0 Å². The molecule has 0 aliphatic carbocycles. The molecule has 0 saturated carbocycles. The van der Waals surface area contributed by atoms with Crippen LogP contribution in [-0.2, 0) is 13.5 Å². The zero-order valence-electron chi connectivity index (χ0n) is 8.21. The van der Waals surface area contributed by atoms with Gasteiger partial charge in [-0.15, -0.1) is 0 Å². The van der Waals surface area contributed by atoms with E-state index in [9.17, 15) is 5.11 Å². The van der Waals surface area contributed by atoms with E-state index in [-0.39, 0.29) is 5.75 Å². The first kappa shape index (κ1) is 9.41. The molecule has 1 aromatic heterocycles. The Balaban J connectivity index is 2.94. The molecule has 0 saturated heterocycles. The normalized spacial score (nSPS) is 11.1. The molecule has 0 amide bonds. The van der Waals surface area contributed by atoms with E-state index < -0.39 is 0 Å². The maximum atomic E-state index is 9.69. The maximum absolute atomic E-state index is 9.69. The molecule has 0 aliphatic heterocycles. The number of rotatable bonds is 1. The van der Waals surface area contributed by atoms with Crippen LogP contribution in [0.2, 0.25) is 5.02 Å². The number of hydrogen-bond acceptors (Lipinski definition) is 1. The SMILES string of the molecule is CCc1c(Cl)c2c(O)cccc2n1C. The lowest BCUT2D eigenvalue weighted by Crippen LogP contribution is -1.93. The number of phenolic OH excluding ortho intramolecular Hbond substituents is 1. The molecule has 74 valence electrons. The number of nitrogens with zero attached hydrogens (tertiary/aromatic N) is 1. The van der Waals surface area contributed by atoms with Crippen molar-refractivity contribution in [1.82, 2.24) is 4.57 Å². The largest absolute Gasteiger partial charge is 0.507 e. The smallest absolute Gasteiger partial charge is 0.126 e. The Hall–Kier alpha value is -1.15. The van der Waals surface area contributed by atoms with E-state index in [0.717, 1.165) is 23.0 Å². The second-order valence-electron chi connectivity index (χ2n) is 3.34. The predicted octanol–water partition coefficient (Wildman–Crippen LogP) is 3.10. The third-order valence-corrected chi connectivity index (χ3v) is 3.00. The van der Waals surface area contributed by atoms with Gasteiger partial charge in [0, 0.05) is 12.7 Å². The summed E-state index contributed by atoms with van der Waals surface area (Å²) in [7, 11) is 1.96. The summed E-state index contributed by atoms with van der Waals surface area (Å²) in [6, 6.07) is 5.45. The molecule has 0 bridgehead atoms. The third kappa shape index (κ3) is 1.11. The number of phenols is 1. The van der Waals surface area contributed by atoms with Crippen molar-refractivity contribution in [2.24, 2.45) is 7.05 Å². The molecule has 3 heteroatoms. The fraction of sp³-hybridized carbons (Fsp3) is 0.273. The fourth-order valence-electron chi connectivity index (χ4n) is 1.86. The summed E-state index contributed by atoms with van der Waals surface area (Å²) in [5.41, 5.74) is 2.04. The monoisotopic (exact) mass is 209 g/mol. The molecule has 0 atom stereocenters. The first-order valence-electron chi connectivity index (χ1n) is 4.61. The number of aromatic nitrogens is 1. The molecule has 2 aromatic rings. The molecule has 1 N–H and O–H groups in total. The molecular weight excluding hydrogens is 198 g/mol. The van der Waals surface area contributed by atoms with Crippen LogP contribution in [0.25, 0.3) is 10.9 Å². The quantitative estimate of drug-likeness (QED) is 0.767. The lowest BCUT2D eigenvalue weighted by atomic mass is 10.2. The van der Waals surface area contributed by atoms with Crippen molar-refractivity contribution in [2.45, 2.75) is 13.3 Å². The molecule has 2 rings (SSSR count). The van der Waals surface area contributed by atoms with Crippen LogP contribution in [-0.4, -0.2) is 9.67 Å². The van der Waals surface area contributed by atoms with Crippen LogP contribution in [0.1, 0.15) is 12.6 Å². The van der Waals surface area contributed by atoms with Crippen LogP contribution in [0.3, 0.4) is 0 Å². The first-order valence-corrected chi connectivity index (χ1v) is 4.99. The summed E-state index contributed by atoms with van der Waals surface area (Å²) in [5.74, 6) is 0.253. The summed E-state index contributed by atoms with van der Waals surface area (Å²) in [4.78, 5) is 0. The van der Waals surface area contributed by atoms with E-state index in [4.69, 9.17) is 11.6 Å². The van der Waals surface area contributed by atoms with Gasteiger partial charge in [0.25, 0.3) is 0 Å². The van der Waals surface area contributed by atoms with Crippen LogP contribution < -0.4 is 0 Å². The highest BCUT2D eigenvalue weighted by Crippen LogP contribution is 2.35. The zero-order valence-corrected chi connectivity index (χ0v) is 8.97. The number of benzene rings is 1. The van der Waals surface area contributed by atoms with Gasteiger partial charge in [0.05, 0.1) is 15.9 Å². The van der Waals surface area contributed by atoms with Gasteiger partial charge in [-0.25, -0.2) is 0 Å². The molecule has 1 heterocycles. The summed E-state index contributed by atoms with van der Waals surface area (Å²) < 4.78 is 2.03. The molecule has 0 aliphatic rings. The highest BCUT2D eigenvalue weighted by Gasteiger charge is 2.14. The van der Waals surface area contributed by atoms with Crippen molar-refractivity contribution >= 4 is 22.5 Å². The minimum Gasteiger partial charge on any atom is -0.507 e. The predicted molar refractivity (Wildman–Crippen MR) is 59.0 cm³/mol. The minimum absolute atomic E-state index is 0.253. The number of hydrogen-bond donors (Lipinski definition) is 1. The topological polar surface area (TPSA) is 25.2 Å². The van der Waals surface area contributed by atoms with Crippen LogP contribution in [0, 0.1) is 0 Å². The molecule has 2 nitrogen and oxygen atoms in total. The number of fused-ring (bicyclic) bond motifs is 1. The van der Waals surface area contributed by atoms with Gasteiger partial charge >= 0.3 is 0 Å². The van der Waals surface area contributed by atoms with Crippen molar-refractivity contribution in [2.75, 3.05) is 0 Å². The van der Waals surface area contributed by atoms with E-state index in [0.29, 0.717) is 5.02 Å². The standard InChI is InChI=1S/C11H12ClNO/c1-3-7-11(12)10-8(13(7)2)5-4-6-9(10)14/h4-6,14H,3H2,1-2H3. The van der Waals surface area contributed by atoms with Crippen molar-refractivity contribution in [1.29, 1.82) is 0 Å². The molecule has 0 fully saturated rings. The Morgan fingerprint density at radius 1 is 1.43 bits per heavy atom. The fourth-order valence-corrected chi connectivity index (χ4v) is 2.32. The van der Waals surface area contributed by atoms with Gasteiger partial charge in [-0.05, 0) is 18.6 Å². The van der Waals surface area contributed by atoms with Crippen LogP contribution >= 0.6 is 11.6 Å². The Kier molecular flexibility index (Phi) is 2.16. The first-order chi connectivity index (χ1) is 6.66. The lowest BCUT2D eigenvalue weighted by Gasteiger charge is -2.00. The summed E-state index contributed by atoms with van der Waals surface area (Å²) in [6.45, 7) is 2.05. The van der Waals surface area contributed by atoms with Crippen molar-refractivity contribution in [3.63, 3.8) is 0 Å². The molecule has 0 spiro atoms. The van der Waals surface area contributed by atoms with E-state index >= 15 is 0 Å². The average Bonchev–Trinajstić information content (AvgIpc) is 2.41. The highest BCUT2D eigenvalue weighted by atomic mass is 35.5. The lowest BCUT2D eigenvalue weighted by molar-refractivity contribution is 0.481. The van der Waals surface area contributed by atoms with Gasteiger partial charge in [0.15, 0.2) is 0 Å². The van der Waals surface area contributed by atoms with Crippen LogP contribution in [0.4, 0.5) is 0 Å². The Labute approximate surface area is 87.7 Å². The van der Waals surface area contributed by atoms with Gasteiger partial charge in [-0.1, -0.05) is 24.6 Å². The Bertz CT molecular complexity index is 487. The number of aryl methyl sites for hydroxylation is 1. The highest BCUT2D eigenvalue weighted by molar-refractivity contribution is 6.37. The summed E-state index contributed by atoms with van der Waals surface area (Å²) in [5, 5.41) is 11.1. The van der Waals surface area contributed by atoms with E-state index in [1.54, 1.807) is 6.07 Å². The zero-order chi connectivity index (χ0) is 10.3. The van der Waals surface area contributed by atoms with Crippen molar-refractivity contribution in [3.8, 4) is 5.75 Å². The second kappa shape index (κ2) is 3.21. The van der Waals surface area contributed by atoms with E-state index in [2.05, 4.69) is 6.92 Å². The van der Waals surface area contributed by atoms with Gasteiger partial charge < -0.3 is 9.67 Å². The third-order valence-electron chi connectivity index (χ3n) is 2.59. The molecule has 1 aromatic carbocycles. The number of halogens is 1. The summed E-state index contributed by atoms with van der Waals surface area (Å²) in [6.07, 6.45) is 0.865. The van der Waals surface area contributed by atoms with Gasteiger partial charge in [0.2, 0.25) is 0 Å². The average molecular weight is 210 g/mol. The molecule has 14 heavy (non-hydrogen) atoms. The maximum Gasteiger partial charge on any atom is 0.126 e. The van der Waals surface area contributed by atoms with Crippen molar-refractivity contribution in [3.05, 3.63) is 28.9 Å². The van der Waals surface area contributed by atoms with Crippen LogP contribution in [0.5, 0.6) is 5.75 Å². The number of aromatic hydroxyl groups is 1. The van der Waals surface area contributed by atoms with Gasteiger partial charge in [-0.3, -0.25) is 0 Å². The van der Waals surface area contributed by atoms with Crippen molar-refractivity contribution < 1.29 is 5.11 Å². The Morgan fingerprint density at radius 2 is 2.14 bits per heavy atom. The minimum atomic E-state index is 0.253.